The van der Waals surface area contributed by atoms with E-state index in [-0.39, 0.29) is 23.1 Å². The van der Waals surface area contributed by atoms with Gasteiger partial charge in [-0.3, -0.25) is 5.41 Å². The zero-order chi connectivity index (χ0) is 30.3. The molecule has 1 saturated heterocycles. The Labute approximate surface area is 257 Å². The monoisotopic (exact) mass is 633 g/mol. The van der Waals surface area contributed by atoms with Crippen LogP contribution in [0, 0.1) is 5.41 Å². The van der Waals surface area contributed by atoms with Crippen molar-refractivity contribution in [3.63, 3.8) is 0 Å². The van der Waals surface area contributed by atoms with E-state index in [2.05, 4.69) is 0 Å². The van der Waals surface area contributed by atoms with E-state index in [1.54, 1.807) is 73.7 Å². The molecule has 220 valence electrons. The summed E-state index contributed by atoms with van der Waals surface area (Å²) in [6.45, 7) is 1.73. The maximum absolute atomic E-state index is 13.3. The molecular weight excluding hydrogens is 609 g/mol. The van der Waals surface area contributed by atoms with Gasteiger partial charge in [0.05, 0.1) is 16.7 Å². The van der Waals surface area contributed by atoms with Crippen molar-refractivity contribution in [2.45, 2.75) is 47.8 Å². The minimum atomic E-state index is -2.29. The fourth-order valence-electron chi connectivity index (χ4n) is 4.18. The summed E-state index contributed by atoms with van der Waals surface area (Å²) in [6.07, 6.45) is -6.63. The van der Waals surface area contributed by atoms with Crippen LogP contribution in [0.4, 0.5) is 0 Å². The molecule has 9 nitrogen and oxygen atoms in total. The van der Waals surface area contributed by atoms with E-state index in [0.717, 1.165) is 0 Å². The second-order valence-electron chi connectivity index (χ2n) is 9.10. The van der Waals surface area contributed by atoms with Crippen molar-refractivity contribution in [3.8, 4) is 0 Å². The highest BCUT2D eigenvalue weighted by Crippen LogP contribution is 2.35. The molecular formula is C30H26Cl3NO8. The van der Waals surface area contributed by atoms with Crippen molar-refractivity contribution < 1.29 is 38.1 Å². The van der Waals surface area contributed by atoms with Crippen LogP contribution in [0.15, 0.2) is 91.0 Å². The average Bonchev–Trinajstić information content (AvgIpc) is 3.00. The number of carbonyl (C=O) groups is 3. The van der Waals surface area contributed by atoms with Gasteiger partial charge < -0.3 is 23.7 Å². The van der Waals surface area contributed by atoms with Gasteiger partial charge in [-0.1, -0.05) is 96.3 Å². The molecule has 0 aromatic heterocycles. The Kier molecular flexibility index (Phi) is 10.5. The van der Waals surface area contributed by atoms with E-state index < -0.39 is 58.3 Å². The second kappa shape index (κ2) is 14.0. The van der Waals surface area contributed by atoms with E-state index in [4.69, 9.17) is 63.9 Å². The first kappa shape index (κ1) is 31.3. The normalized spacial score (nSPS) is 22.0. The van der Waals surface area contributed by atoms with Gasteiger partial charge in [-0.2, -0.15) is 0 Å². The van der Waals surface area contributed by atoms with Crippen LogP contribution >= 0.6 is 34.8 Å². The van der Waals surface area contributed by atoms with Crippen LogP contribution in [0.25, 0.3) is 0 Å². The average molecular weight is 635 g/mol. The van der Waals surface area contributed by atoms with Crippen molar-refractivity contribution in [2.75, 3.05) is 0 Å². The number of esters is 3. The predicted molar refractivity (Wildman–Crippen MR) is 155 cm³/mol. The maximum atomic E-state index is 13.3. The summed E-state index contributed by atoms with van der Waals surface area (Å²) in [7, 11) is 0. The molecule has 4 rings (SSSR count). The van der Waals surface area contributed by atoms with Crippen LogP contribution in [0.2, 0.25) is 0 Å². The number of benzene rings is 3. The number of ether oxygens (including phenoxy) is 5. The van der Waals surface area contributed by atoms with Gasteiger partial charge in [-0.05, 0) is 42.8 Å². The highest BCUT2D eigenvalue weighted by molar-refractivity contribution is 6.76. The number of halogens is 3. The molecule has 5 atom stereocenters. The summed E-state index contributed by atoms with van der Waals surface area (Å²) in [5.74, 6) is -3.19. The molecule has 42 heavy (non-hydrogen) atoms. The van der Waals surface area contributed by atoms with Gasteiger partial charge in [0.1, 0.15) is 6.10 Å². The van der Waals surface area contributed by atoms with Crippen LogP contribution in [0.1, 0.15) is 44.4 Å². The first-order valence-electron chi connectivity index (χ1n) is 12.8. The fraction of sp³-hybridized carbons (Fsp3) is 0.267. The Morgan fingerprint density at radius 2 is 1.05 bits per heavy atom. The lowest BCUT2D eigenvalue weighted by Gasteiger charge is -2.44. The summed E-state index contributed by atoms with van der Waals surface area (Å²) >= 11 is 17.6. The molecule has 1 heterocycles. The maximum Gasteiger partial charge on any atom is 0.338 e. The molecule has 0 bridgehead atoms. The van der Waals surface area contributed by atoms with Crippen LogP contribution in [-0.4, -0.2) is 58.3 Å². The van der Waals surface area contributed by atoms with E-state index in [1.165, 1.54) is 24.3 Å². The Bertz CT molecular complexity index is 1390. The zero-order valence-corrected chi connectivity index (χ0v) is 24.4. The number of nitrogens with one attached hydrogen (secondary N) is 1. The number of rotatable bonds is 8. The molecule has 0 saturated carbocycles. The lowest BCUT2D eigenvalue weighted by Crippen LogP contribution is -2.62. The first-order chi connectivity index (χ1) is 20.1. The Balaban J connectivity index is 1.76. The van der Waals surface area contributed by atoms with E-state index in [9.17, 15) is 14.4 Å². The summed E-state index contributed by atoms with van der Waals surface area (Å²) in [6, 6.07) is 24.2. The van der Waals surface area contributed by atoms with Crippen LogP contribution in [-0.2, 0) is 23.7 Å². The Hall–Kier alpha value is -3.63. The molecule has 3 aromatic carbocycles. The number of hydrogen-bond donors (Lipinski definition) is 1. The first-order valence-corrected chi connectivity index (χ1v) is 14.0. The van der Waals surface area contributed by atoms with E-state index >= 15 is 0 Å². The van der Waals surface area contributed by atoms with Gasteiger partial charge in [0, 0.05) is 0 Å². The quantitative estimate of drug-likeness (QED) is 0.103. The molecule has 3 unspecified atom stereocenters. The Morgan fingerprint density at radius 3 is 1.43 bits per heavy atom. The van der Waals surface area contributed by atoms with Crippen LogP contribution in [0.3, 0.4) is 0 Å². The standard InChI is InChI=1S/C30H26Cl3NO8/c1-2-21-22(39-25(35)18-12-6-3-7-13-18)23(40-26(36)19-14-8-4-9-15-19)24(28(38-21)42-29(34)30(31,32)33)41-27(37)20-16-10-5-11-17-20/h3-17,21-24,28,34H,2H2,1H3/t21?,22-,23-,24?,28?/m1/s1. The van der Waals surface area contributed by atoms with Crippen LogP contribution in [0.5, 0.6) is 0 Å². The summed E-state index contributed by atoms with van der Waals surface area (Å²) in [5, 5.41) is 8.12. The zero-order valence-electron chi connectivity index (χ0n) is 22.2. The van der Waals surface area contributed by atoms with E-state index in [0.29, 0.717) is 0 Å². The highest BCUT2D eigenvalue weighted by atomic mass is 35.6. The summed E-state index contributed by atoms with van der Waals surface area (Å²) in [4.78, 5) is 39.7. The third-order valence-corrected chi connectivity index (χ3v) is 6.76. The molecule has 12 heteroatoms. The van der Waals surface area contributed by atoms with Crippen molar-refractivity contribution in [2.24, 2.45) is 0 Å². The molecule has 0 spiro atoms. The van der Waals surface area contributed by atoms with Crippen molar-refractivity contribution in [1.29, 1.82) is 5.41 Å². The lowest BCUT2D eigenvalue weighted by atomic mass is 9.96. The minimum absolute atomic E-state index is 0.163. The molecule has 0 radical (unpaired) electrons. The third kappa shape index (κ3) is 7.80. The molecule has 3 aromatic rings. The number of carbonyl (C=O) groups excluding carboxylic acids is 3. The Morgan fingerprint density at radius 1 is 0.667 bits per heavy atom. The van der Waals surface area contributed by atoms with Gasteiger partial charge in [0.2, 0.25) is 18.3 Å². The molecule has 0 aliphatic carbocycles. The molecule has 1 aliphatic rings. The lowest BCUT2D eigenvalue weighted by molar-refractivity contribution is -0.274. The smallest absolute Gasteiger partial charge is 0.338 e. The van der Waals surface area contributed by atoms with Gasteiger partial charge in [-0.15, -0.1) is 0 Å². The summed E-state index contributed by atoms with van der Waals surface area (Å²) < 4.78 is 26.8. The largest absolute Gasteiger partial charge is 0.452 e. The topological polar surface area (TPSA) is 121 Å². The van der Waals surface area contributed by atoms with Gasteiger partial charge in [0.25, 0.3) is 3.79 Å². The molecule has 1 aliphatic heterocycles. The fourth-order valence-corrected chi connectivity index (χ4v) is 4.32. The second-order valence-corrected chi connectivity index (χ2v) is 11.4. The highest BCUT2D eigenvalue weighted by Gasteiger charge is 2.54. The third-order valence-electron chi connectivity index (χ3n) is 6.24. The van der Waals surface area contributed by atoms with Crippen molar-refractivity contribution in [3.05, 3.63) is 108 Å². The molecule has 1 N–H and O–H groups in total. The number of hydrogen-bond acceptors (Lipinski definition) is 9. The molecule has 1 fully saturated rings. The van der Waals surface area contributed by atoms with Gasteiger partial charge >= 0.3 is 17.9 Å². The van der Waals surface area contributed by atoms with Crippen molar-refractivity contribution in [1.82, 2.24) is 0 Å². The van der Waals surface area contributed by atoms with E-state index in [1.807, 2.05) is 0 Å². The minimum Gasteiger partial charge on any atom is -0.452 e. The molecule has 0 amide bonds. The van der Waals surface area contributed by atoms with Crippen LogP contribution < -0.4 is 0 Å². The van der Waals surface area contributed by atoms with Crippen molar-refractivity contribution >= 4 is 58.6 Å². The summed E-state index contributed by atoms with van der Waals surface area (Å²) in [5.41, 5.74) is 0.579. The van der Waals surface area contributed by atoms with Gasteiger partial charge in [-0.25, -0.2) is 14.4 Å². The number of alkyl halides is 3. The predicted octanol–water partition coefficient (Wildman–Crippen LogP) is 6.16. The van der Waals surface area contributed by atoms with Gasteiger partial charge in [0.15, 0.2) is 12.2 Å². The SMILES string of the molecule is CCC1OC(OC(=N)C(Cl)(Cl)Cl)C(OC(=O)c2ccccc2)[C@H](OC(=O)c2ccccc2)[C@@H]1OC(=O)c1ccccc1.